The van der Waals surface area contributed by atoms with E-state index in [0.29, 0.717) is 19.8 Å². The smallest absolute Gasteiger partial charge is 0.287 e. The Bertz CT molecular complexity index is 221. The summed E-state index contributed by atoms with van der Waals surface area (Å²) in [5.74, 6) is 0. The van der Waals surface area contributed by atoms with Gasteiger partial charge in [-0.2, -0.15) is 0 Å². The molecular weight excluding hydrogens is 251 g/mol. The summed E-state index contributed by atoms with van der Waals surface area (Å²) in [4.78, 5) is 0. The van der Waals surface area contributed by atoms with E-state index in [9.17, 15) is 4.57 Å². The minimum absolute atomic E-state index is 0.347. The molecule has 0 amide bonds. The lowest BCUT2D eigenvalue weighted by Crippen LogP contribution is -2.03. The topological polar surface area (TPSA) is 44.8 Å². The maximum absolute atomic E-state index is 12.1. The van der Waals surface area contributed by atoms with Gasteiger partial charge in [0, 0.05) is 0 Å². The second-order valence-electron chi connectivity index (χ2n) is 4.30. The molecular formula is C13H29O4P. The number of phosphoric ester groups is 1. The fourth-order valence-corrected chi connectivity index (χ4v) is 2.75. The monoisotopic (exact) mass is 280 g/mol. The van der Waals surface area contributed by atoms with E-state index >= 15 is 0 Å². The van der Waals surface area contributed by atoms with Gasteiger partial charge in [-0.25, -0.2) is 4.57 Å². The average molecular weight is 280 g/mol. The zero-order valence-corrected chi connectivity index (χ0v) is 13.0. The third-order valence-corrected chi connectivity index (χ3v) is 4.10. The number of unbranched alkanes of at least 4 members (excludes halogenated alkanes) is 5. The van der Waals surface area contributed by atoms with Crippen LogP contribution in [-0.2, 0) is 18.1 Å². The van der Waals surface area contributed by atoms with Crippen LogP contribution in [0.15, 0.2) is 0 Å². The molecule has 0 fully saturated rings. The van der Waals surface area contributed by atoms with Crippen molar-refractivity contribution in [1.29, 1.82) is 0 Å². The molecule has 0 aliphatic heterocycles. The van der Waals surface area contributed by atoms with Crippen LogP contribution in [0.1, 0.15) is 65.7 Å². The van der Waals surface area contributed by atoms with Gasteiger partial charge in [-0.1, -0.05) is 46.0 Å². The third kappa shape index (κ3) is 10.1. The highest BCUT2D eigenvalue weighted by Gasteiger charge is 2.25. The molecule has 18 heavy (non-hydrogen) atoms. The fraction of sp³-hybridized carbons (Fsp3) is 1.00. The van der Waals surface area contributed by atoms with E-state index in [4.69, 9.17) is 13.6 Å². The molecule has 0 bridgehead atoms. The highest BCUT2D eigenvalue weighted by molar-refractivity contribution is 7.48. The molecule has 4 nitrogen and oxygen atoms in total. The van der Waals surface area contributed by atoms with Crippen LogP contribution in [0.4, 0.5) is 0 Å². The first kappa shape index (κ1) is 18.1. The van der Waals surface area contributed by atoms with Crippen molar-refractivity contribution < 1.29 is 18.1 Å². The van der Waals surface area contributed by atoms with Gasteiger partial charge in [-0.15, -0.1) is 0 Å². The van der Waals surface area contributed by atoms with Crippen LogP contribution >= 0.6 is 7.82 Å². The molecule has 1 atom stereocenters. The van der Waals surface area contributed by atoms with E-state index in [1.807, 2.05) is 0 Å². The number of hydrogen-bond acceptors (Lipinski definition) is 4. The van der Waals surface area contributed by atoms with Crippen molar-refractivity contribution in [2.45, 2.75) is 65.7 Å². The summed E-state index contributed by atoms with van der Waals surface area (Å²) in [5.41, 5.74) is 0. The normalized spacial score (nSPS) is 14.6. The van der Waals surface area contributed by atoms with Crippen LogP contribution in [0.3, 0.4) is 0 Å². The summed E-state index contributed by atoms with van der Waals surface area (Å²) < 4.78 is 27.9. The Morgan fingerprint density at radius 3 is 1.72 bits per heavy atom. The van der Waals surface area contributed by atoms with Crippen molar-refractivity contribution in [1.82, 2.24) is 0 Å². The molecule has 0 saturated heterocycles. The van der Waals surface area contributed by atoms with E-state index in [1.54, 1.807) is 6.92 Å². The predicted molar refractivity (Wildman–Crippen MR) is 74.8 cm³/mol. The number of phosphoric acid groups is 1. The van der Waals surface area contributed by atoms with E-state index in [2.05, 4.69) is 13.8 Å². The third-order valence-electron chi connectivity index (χ3n) is 2.53. The van der Waals surface area contributed by atoms with Crippen molar-refractivity contribution in [2.75, 3.05) is 19.8 Å². The summed E-state index contributed by atoms with van der Waals surface area (Å²) in [6.07, 6.45) is 7.44. The lowest BCUT2D eigenvalue weighted by molar-refractivity contribution is 0.114. The first-order valence-corrected chi connectivity index (χ1v) is 8.68. The summed E-state index contributed by atoms with van der Waals surface area (Å²) in [6.45, 7) is 7.31. The van der Waals surface area contributed by atoms with Gasteiger partial charge < -0.3 is 0 Å². The standard InChI is InChI=1S/C13H29O4P/c1-4-7-9-11-13-17-18(14,15-6-3)16-12-10-8-5-2/h4-13H2,1-3H3. The van der Waals surface area contributed by atoms with Crippen LogP contribution in [0, 0.1) is 0 Å². The minimum Gasteiger partial charge on any atom is -0.287 e. The first-order chi connectivity index (χ1) is 8.68. The molecule has 0 radical (unpaired) electrons. The average Bonchev–Trinajstić information content (AvgIpc) is 2.35. The van der Waals surface area contributed by atoms with Gasteiger partial charge >= 0.3 is 7.82 Å². The molecule has 0 rings (SSSR count). The first-order valence-electron chi connectivity index (χ1n) is 7.22. The lowest BCUT2D eigenvalue weighted by atomic mass is 10.2. The summed E-state index contributed by atoms with van der Waals surface area (Å²) >= 11 is 0. The second kappa shape index (κ2) is 12.2. The van der Waals surface area contributed by atoms with Gasteiger partial charge in [-0.3, -0.25) is 13.6 Å². The van der Waals surface area contributed by atoms with Gasteiger partial charge in [0.15, 0.2) is 0 Å². The largest absolute Gasteiger partial charge is 0.474 e. The van der Waals surface area contributed by atoms with Gasteiger partial charge in [0.05, 0.1) is 19.8 Å². The number of rotatable bonds is 13. The molecule has 0 spiro atoms. The predicted octanol–water partition coefficient (Wildman–Crippen LogP) is 4.93. The molecule has 110 valence electrons. The van der Waals surface area contributed by atoms with Crippen LogP contribution < -0.4 is 0 Å². The Hall–Kier alpha value is 0.110. The Morgan fingerprint density at radius 1 is 0.722 bits per heavy atom. The van der Waals surface area contributed by atoms with Crippen LogP contribution in [-0.4, -0.2) is 19.8 Å². The van der Waals surface area contributed by atoms with Crippen molar-refractivity contribution in [3.8, 4) is 0 Å². The minimum atomic E-state index is -3.31. The van der Waals surface area contributed by atoms with Gasteiger partial charge in [0.25, 0.3) is 0 Å². The molecule has 0 aromatic rings. The van der Waals surface area contributed by atoms with Crippen molar-refractivity contribution in [3.63, 3.8) is 0 Å². The summed E-state index contributed by atoms with van der Waals surface area (Å²) in [6, 6.07) is 0. The molecule has 0 aliphatic carbocycles. The Morgan fingerprint density at radius 2 is 1.22 bits per heavy atom. The molecule has 0 saturated carbocycles. The fourth-order valence-electron chi connectivity index (χ4n) is 1.50. The molecule has 0 aromatic carbocycles. The van der Waals surface area contributed by atoms with Crippen molar-refractivity contribution in [3.05, 3.63) is 0 Å². The summed E-state index contributed by atoms with van der Waals surface area (Å²) in [7, 11) is -3.31. The van der Waals surface area contributed by atoms with Gasteiger partial charge in [0.1, 0.15) is 0 Å². The molecule has 0 aromatic heterocycles. The molecule has 1 unspecified atom stereocenters. The molecule has 0 heterocycles. The molecule has 0 N–H and O–H groups in total. The molecule has 0 aliphatic rings. The highest BCUT2D eigenvalue weighted by Crippen LogP contribution is 2.49. The maximum atomic E-state index is 12.1. The van der Waals surface area contributed by atoms with Crippen molar-refractivity contribution >= 4 is 7.82 Å². The van der Waals surface area contributed by atoms with E-state index in [1.165, 1.54) is 12.8 Å². The van der Waals surface area contributed by atoms with Crippen molar-refractivity contribution in [2.24, 2.45) is 0 Å². The van der Waals surface area contributed by atoms with E-state index in [-0.39, 0.29) is 0 Å². The quantitative estimate of drug-likeness (QED) is 0.354. The van der Waals surface area contributed by atoms with Gasteiger partial charge in [-0.05, 0) is 19.8 Å². The SMILES string of the molecule is CCCCCCOP(=O)(OCC)OCCCCC. The van der Waals surface area contributed by atoms with E-state index < -0.39 is 7.82 Å². The molecule has 5 heteroatoms. The van der Waals surface area contributed by atoms with E-state index in [0.717, 1.165) is 32.1 Å². The van der Waals surface area contributed by atoms with Crippen LogP contribution in [0.5, 0.6) is 0 Å². The van der Waals surface area contributed by atoms with Crippen LogP contribution in [0.2, 0.25) is 0 Å². The Kier molecular flexibility index (Phi) is 12.2. The Balaban J connectivity index is 3.82. The maximum Gasteiger partial charge on any atom is 0.474 e. The highest BCUT2D eigenvalue weighted by atomic mass is 31.2. The summed E-state index contributed by atoms with van der Waals surface area (Å²) in [5, 5.41) is 0. The zero-order chi connectivity index (χ0) is 13.7. The second-order valence-corrected chi connectivity index (χ2v) is 5.97. The Labute approximate surface area is 112 Å². The van der Waals surface area contributed by atoms with Crippen LogP contribution in [0.25, 0.3) is 0 Å². The lowest BCUT2D eigenvalue weighted by Gasteiger charge is -2.17. The zero-order valence-electron chi connectivity index (χ0n) is 12.2. The number of hydrogen-bond donors (Lipinski definition) is 0. The van der Waals surface area contributed by atoms with Gasteiger partial charge in [0.2, 0.25) is 0 Å².